The Labute approximate surface area is 206 Å². The number of pyridine rings is 1. The second-order valence-corrected chi connectivity index (χ2v) is 9.79. The highest BCUT2D eigenvalue weighted by atomic mass is 16.4. The maximum absolute atomic E-state index is 14.0. The third-order valence-electron chi connectivity index (χ3n) is 7.01. The lowest BCUT2D eigenvalue weighted by atomic mass is 9.89. The molecule has 1 amide bonds. The molecule has 1 aliphatic rings. The van der Waals surface area contributed by atoms with Crippen molar-refractivity contribution < 1.29 is 9.21 Å². The second-order valence-electron chi connectivity index (χ2n) is 9.79. The zero-order valence-corrected chi connectivity index (χ0v) is 20.8. The molecule has 2 aromatic heterocycles. The first-order valence-corrected chi connectivity index (χ1v) is 12.3. The monoisotopic (exact) mass is 468 g/mol. The van der Waals surface area contributed by atoms with E-state index in [0.29, 0.717) is 18.5 Å². The normalized spacial score (nSPS) is 18.1. The summed E-state index contributed by atoms with van der Waals surface area (Å²) >= 11 is 0. The maximum atomic E-state index is 14.0. The van der Waals surface area contributed by atoms with E-state index in [0.717, 1.165) is 64.0 Å². The number of benzene rings is 2. The molecule has 6 nitrogen and oxygen atoms in total. The van der Waals surface area contributed by atoms with Gasteiger partial charge < -0.3 is 14.6 Å². The molecule has 0 saturated carbocycles. The summed E-state index contributed by atoms with van der Waals surface area (Å²) in [7, 11) is 0. The summed E-state index contributed by atoms with van der Waals surface area (Å²) in [4.78, 5) is 25.1. The van der Waals surface area contributed by atoms with Crippen molar-refractivity contribution in [1.82, 2.24) is 14.9 Å². The van der Waals surface area contributed by atoms with Gasteiger partial charge in [-0.25, -0.2) is 0 Å². The van der Waals surface area contributed by atoms with Gasteiger partial charge in [0.1, 0.15) is 5.52 Å². The lowest BCUT2D eigenvalue weighted by molar-refractivity contribution is 0.0540. The number of piperidine rings is 1. The summed E-state index contributed by atoms with van der Waals surface area (Å²) in [5, 5.41) is 3.37. The van der Waals surface area contributed by atoms with Crippen molar-refractivity contribution in [2.45, 2.75) is 46.6 Å². The van der Waals surface area contributed by atoms with Gasteiger partial charge in [-0.05, 0) is 74.9 Å². The number of aryl methyl sites for hydroxylation is 3. The summed E-state index contributed by atoms with van der Waals surface area (Å²) < 4.78 is 5.90. The van der Waals surface area contributed by atoms with Crippen LogP contribution >= 0.6 is 0 Å². The number of oxazole rings is 1. The molecule has 1 saturated heterocycles. The minimum absolute atomic E-state index is 0.0394. The maximum Gasteiger partial charge on any atom is 0.295 e. The summed E-state index contributed by atoms with van der Waals surface area (Å²) in [5.74, 6) is 0.428. The van der Waals surface area contributed by atoms with E-state index in [1.165, 1.54) is 0 Å². The van der Waals surface area contributed by atoms with Crippen molar-refractivity contribution in [2.24, 2.45) is 5.92 Å². The molecule has 2 aromatic carbocycles. The molecule has 1 N–H and O–H groups in total. The molecule has 3 heterocycles. The number of likely N-dealkylation sites (tertiary alicyclic amines) is 1. The highest BCUT2D eigenvalue weighted by molar-refractivity contribution is 6.01. The number of aromatic nitrogens is 2. The highest BCUT2D eigenvalue weighted by Gasteiger charge is 2.33. The third kappa shape index (κ3) is 4.78. The van der Waals surface area contributed by atoms with Crippen molar-refractivity contribution >= 4 is 23.0 Å². The number of carbonyl (C=O) groups is 1. The van der Waals surface area contributed by atoms with E-state index in [9.17, 15) is 4.79 Å². The average molecular weight is 469 g/mol. The van der Waals surface area contributed by atoms with Gasteiger partial charge in [-0.3, -0.25) is 9.78 Å². The van der Waals surface area contributed by atoms with Crippen LogP contribution in [-0.2, 0) is 0 Å². The van der Waals surface area contributed by atoms with Crippen LogP contribution in [-0.4, -0.2) is 39.9 Å². The topological polar surface area (TPSA) is 71.3 Å². The molecule has 4 aromatic rings. The van der Waals surface area contributed by atoms with Crippen molar-refractivity contribution in [3.63, 3.8) is 0 Å². The fraction of sp³-hybridized carbons (Fsp3) is 0.345. The molecule has 1 aliphatic heterocycles. The van der Waals surface area contributed by atoms with E-state index >= 15 is 0 Å². The Morgan fingerprint density at radius 1 is 1.09 bits per heavy atom. The zero-order valence-electron chi connectivity index (χ0n) is 20.8. The molecule has 6 heteroatoms. The lowest BCUT2D eigenvalue weighted by Crippen LogP contribution is -2.51. The lowest BCUT2D eigenvalue weighted by Gasteiger charge is -2.40. The second kappa shape index (κ2) is 9.53. The molecule has 0 bridgehead atoms. The van der Waals surface area contributed by atoms with Crippen LogP contribution < -0.4 is 5.32 Å². The van der Waals surface area contributed by atoms with Gasteiger partial charge in [0, 0.05) is 36.1 Å². The number of carbonyl (C=O) groups excluding carboxylic acids is 1. The predicted octanol–water partition coefficient (Wildman–Crippen LogP) is 6.17. The van der Waals surface area contributed by atoms with Gasteiger partial charge in [0.25, 0.3) is 11.9 Å². The number of rotatable bonds is 5. The van der Waals surface area contributed by atoms with Crippen molar-refractivity contribution in [3.8, 4) is 11.1 Å². The van der Waals surface area contributed by atoms with Gasteiger partial charge in [-0.1, -0.05) is 36.8 Å². The number of hydrogen-bond acceptors (Lipinski definition) is 5. The van der Waals surface area contributed by atoms with Crippen LogP contribution in [0, 0.1) is 26.7 Å². The first kappa shape index (κ1) is 23.1. The first-order chi connectivity index (χ1) is 16.9. The van der Waals surface area contributed by atoms with Crippen LogP contribution in [0.25, 0.3) is 22.2 Å². The molecule has 0 spiro atoms. The molecule has 1 fully saturated rings. The summed E-state index contributed by atoms with van der Waals surface area (Å²) in [5.41, 5.74) is 7.39. The Bertz CT molecular complexity index is 1360. The van der Waals surface area contributed by atoms with Gasteiger partial charge in [0.15, 0.2) is 5.58 Å². The van der Waals surface area contributed by atoms with E-state index in [2.05, 4.69) is 28.3 Å². The van der Waals surface area contributed by atoms with E-state index in [4.69, 9.17) is 4.42 Å². The minimum Gasteiger partial charge on any atom is -0.424 e. The Hall–Kier alpha value is -3.67. The Morgan fingerprint density at radius 3 is 2.69 bits per heavy atom. The highest BCUT2D eigenvalue weighted by Crippen LogP contribution is 2.30. The third-order valence-corrected chi connectivity index (χ3v) is 7.01. The molecule has 0 radical (unpaired) electrons. The largest absolute Gasteiger partial charge is 0.424 e. The van der Waals surface area contributed by atoms with Gasteiger partial charge in [0.05, 0.1) is 6.04 Å². The fourth-order valence-corrected chi connectivity index (χ4v) is 4.99. The number of anilines is 1. The fourth-order valence-electron chi connectivity index (χ4n) is 4.99. The molecule has 5 rings (SSSR count). The number of amides is 1. The number of fused-ring (bicyclic) bond motifs is 1. The molecular formula is C29H32N4O2. The summed E-state index contributed by atoms with van der Waals surface area (Å²) in [6, 6.07) is 16.6. The van der Waals surface area contributed by atoms with Crippen LogP contribution in [0.1, 0.15) is 46.9 Å². The van der Waals surface area contributed by atoms with Gasteiger partial charge in [0.2, 0.25) is 0 Å². The smallest absolute Gasteiger partial charge is 0.295 e. The van der Waals surface area contributed by atoms with Crippen LogP contribution in [0.4, 0.5) is 6.01 Å². The van der Waals surface area contributed by atoms with Crippen molar-refractivity contribution in [3.05, 3.63) is 77.1 Å². The van der Waals surface area contributed by atoms with Crippen molar-refractivity contribution in [2.75, 3.05) is 18.4 Å². The molecule has 35 heavy (non-hydrogen) atoms. The van der Waals surface area contributed by atoms with E-state index in [1.54, 1.807) is 0 Å². The Balaban J connectivity index is 1.42. The van der Waals surface area contributed by atoms with Crippen LogP contribution in [0.5, 0.6) is 0 Å². The predicted molar refractivity (Wildman–Crippen MR) is 140 cm³/mol. The standard InChI is InChI=1S/C29H32N4O2/c1-18-7-11-23(22-10-9-21(4)30-16-22)24(14-18)28(34)33-13-5-6-20(3)26(33)17-31-29-32-25-15-19(2)8-12-27(25)35-29/h7-12,14-16,20,26H,5-6,13,17H2,1-4H3,(H,31,32)/t20-,26-/m1/s1. The van der Waals surface area contributed by atoms with Crippen LogP contribution in [0.2, 0.25) is 0 Å². The van der Waals surface area contributed by atoms with E-state index in [-0.39, 0.29) is 11.9 Å². The van der Waals surface area contributed by atoms with Crippen LogP contribution in [0.15, 0.2) is 59.1 Å². The summed E-state index contributed by atoms with van der Waals surface area (Å²) in [6.07, 6.45) is 3.94. The van der Waals surface area contributed by atoms with Gasteiger partial charge in [-0.2, -0.15) is 4.98 Å². The average Bonchev–Trinajstić information content (AvgIpc) is 3.25. The minimum atomic E-state index is 0.0394. The molecule has 0 unspecified atom stereocenters. The van der Waals surface area contributed by atoms with Gasteiger partial charge in [-0.15, -0.1) is 0 Å². The number of nitrogens with zero attached hydrogens (tertiary/aromatic N) is 3. The Kier molecular flexibility index (Phi) is 6.29. The SMILES string of the molecule is Cc1ccc(-c2ccc(C)nc2)c(C(=O)N2CCC[C@@H](C)[C@H]2CNc2nc3cc(C)ccc3o2)c1. The van der Waals surface area contributed by atoms with Crippen LogP contribution in [0.3, 0.4) is 0 Å². The number of nitrogens with one attached hydrogen (secondary N) is 1. The van der Waals surface area contributed by atoms with Crippen molar-refractivity contribution in [1.29, 1.82) is 0 Å². The Morgan fingerprint density at radius 2 is 1.89 bits per heavy atom. The molecule has 0 aliphatic carbocycles. The molecular weight excluding hydrogens is 436 g/mol. The quantitative estimate of drug-likeness (QED) is 0.379. The molecule has 2 atom stereocenters. The van der Waals surface area contributed by atoms with Gasteiger partial charge >= 0.3 is 0 Å². The zero-order chi connectivity index (χ0) is 24.5. The number of hydrogen-bond donors (Lipinski definition) is 1. The molecule has 180 valence electrons. The van der Waals surface area contributed by atoms with E-state index in [1.807, 2.05) is 74.3 Å². The van der Waals surface area contributed by atoms with E-state index < -0.39 is 0 Å². The first-order valence-electron chi connectivity index (χ1n) is 12.3. The summed E-state index contributed by atoms with van der Waals surface area (Å²) in [6.45, 7) is 9.59.